The number of para-hydroxylation sites is 2. The number of ether oxygens (including phenoxy) is 1. The molecule has 1 aliphatic heterocycles. The Bertz CT molecular complexity index is 711. The summed E-state index contributed by atoms with van der Waals surface area (Å²) < 4.78 is 11.5. The number of nitrogens with zero attached hydrogens (tertiary/aromatic N) is 1. The van der Waals surface area contributed by atoms with Crippen molar-refractivity contribution in [3.05, 3.63) is 47.9 Å². The molecule has 2 fully saturated rings. The summed E-state index contributed by atoms with van der Waals surface area (Å²) in [6.45, 7) is 6.32. The Morgan fingerprint density at radius 3 is 2.88 bits per heavy atom. The van der Waals surface area contributed by atoms with Crippen molar-refractivity contribution in [2.45, 2.75) is 32.2 Å². The van der Waals surface area contributed by atoms with Crippen molar-refractivity contribution in [1.82, 2.24) is 5.32 Å². The Hall–Kier alpha value is -1.94. The highest BCUT2D eigenvalue weighted by Crippen LogP contribution is 2.47. The molecule has 4 heteroatoms. The van der Waals surface area contributed by atoms with Crippen LogP contribution in [-0.2, 0) is 6.54 Å². The lowest BCUT2D eigenvalue weighted by Gasteiger charge is -2.21. The van der Waals surface area contributed by atoms with E-state index in [-0.39, 0.29) is 0 Å². The molecule has 1 saturated heterocycles. The van der Waals surface area contributed by atoms with E-state index in [2.05, 4.69) is 41.4 Å². The van der Waals surface area contributed by atoms with E-state index < -0.39 is 0 Å². The molecule has 25 heavy (non-hydrogen) atoms. The summed E-state index contributed by atoms with van der Waals surface area (Å²) >= 11 is 0. The molecule has 3 atom stereocenters. The molecule has 1 saturated carbocycles. The molecule has 4 nitrogen and oxygen atoms in total. The first-order chi connectivity index (χ1) is 12.2. The van der Waals surface area contributed by atoms with E-state index in [1.165, 1.54) is 24.3 Å². The first-order valence-electron chi connectivity index (χ1n) is 9.42. The summed E-state index contributed by atoms with van der Waals surface area (Å²) in [6.07, 6.45) is 2.50. The third-order valence-electron chi connectivity index (χ3n) is 5.60. The van der Waals surface area contributed by atoms with Crippen LogP contribution >= 0.6 is 0 Å². The Morgan fingerprint density at radius 1 is 1.24 bits per heavy atom. The molecular weight excluding hydrogens is 312 g/mol. The van der Waals surface area contributed by atoms with Crippen LogP contribution in [0.1, 0.15) is 37.2 Å². The van der Waals surface area contributed by atoms with Gasteiger partial charge in [0, 0.05) is 25.6 Å². The zero-order valence-electron chi connectivity index (χ0n) is 15.2. The van der Waals surface area contributed by atoms with Gasteiger partial charge in [0.25, 0.3) is 0 Å². The van der Waals surface area contributed by atoms with Crippen molar-refractivity contribution in [2.24, 2.45) is 11.8 Å². The van der Waals surface area contributed by atoms with Gasteiger partial charge in [-0.1, -0.05) is 19.1 Å². The largest absolute Gasteiger partial charge is 0.495 e. The standard InChI is InChI=1S/C21H28N2O2/c1-15-11-18(15)20-8-7-17(25-20)13-22-12-16-9-10-23(14-16)19-5-3-4-6-21(19)24-2/h3-8,15-16,18,22H,9-14H2,1-2H3. The van der Waals surface area contributed by atoms with Gasteiger partial charge in [0.2, 0.25) is 0 Å². The number of anilines is 1. The summed E-state index contributed by atoms with van der Waals surface area (Å²) in [5.41, 5.74) is 1.21. The molecule has 2 aliphatic rings. The van der Waals surface area contributed by atoms with Crippen LogP contribution in [0.3, 0.4) is 0 Å². The topological polar surface area (TPSA) is 37.6 Å². The molecule has 134 valence electrons. The lowest BCUT2D eigenvalue weighted by molar-refractivity contribution is 0.414. The third kappa shape index (κ3) is 3.69. The fourth-order valence-corrected chi connectivity index (χ4v) is 3.92. The minimum Gasteiger partial charge on any atom is -0.495 e. The summed E-state index contributed by atoms with van der Waals surface area (Å²) in [5, 5.41) is 3.58. The number of benzene rings is 1. The molecule has 1 aromatic heterocycles. The van der Waals surface area contributed by atoms with Gasteiger partial charge >= 0.3 is 0 Å². The van der Waals surface area contributed by atoms with Crippen LogP contribution in [0.25, 0.3) is 0 Å². The molecular formula is C21H28N2O2. The van der Waals surface area contributed by atoms with Crippen molar-refractivity contribution >= 4 is 5.69 Å². The Morgan fingerprint density at radius 2 is 2.08 bits per heavy atom. The van der Waals surface area contributed by atoms with Gasteiger partial charge in [0.05, 0.1) is 19.3 Å². The maximum atomic E-state index is 5.97. The van der Waals surface area contributed by atoms with Crippen molar-refractivity contribution in [3.8, 4) is 5.75 Å². The van der Waals surface area contributed by atoms with Gasteiger partial charge in [-0.15, -0.1) is 0 Å². The molecule has 0 bridgehead atoms. The van der Waals surface area contributed by atoms with Crippen molar-refractivity contribution in [3.63, 3.8) is 0 Å². The van der Waals surface area contributed by atoms with Gasteiger partial charge < -0.3 is 19.4 Å². The zero-order chi connectivity index (χ0) is 17.2. The van der Waals surface area contributed by atoms with E-state index in [0.29, 0.717) is 11.8 Å². The van der Waals surface area contributed by atoms with E-state index in [9.17, 15) is 0 Å². The molecule has 2 aromatic rings. The average molecular weight is 340 g/mol. The van der Waals surface area contributed by atoms with Crippen LogP contribution in [0.4, 0.5) is 5.69 Å². The van der Waals surface area contributed by atoms with Gasteiger partial charge in [-0.05, 0) is 48.9 Å². The molecule has 4 rings (SSSR count). The Kier molecular flexibility index (Phi) is 4.71. The maximum Gasteiger partial charge on any atom is 0.142 e. The first kappa shape index (κ1) is 16.5. The minimum atomic E-state index is 0.665. The highest BCUT2D eigenvalue weighted by Gasteiger charge is 2.36. The number of nitrogens with one attached hydrogen (secondary N) is 1. The smallest absolute Gasteiger partial charge is 0.142 e. The van der Waals surface area contributed by atoms with Crippen molar-refractivity contribution in [2.75, 3.05) is 31.6 Å². The molecule has 1 aromatic carbocycles. The van der Waals surface area contributed by atoms with Crippen molar-refractivity contribution < 1.29 is 9.15 Å². The Labute approximate surface area is 150 Å². The highest BCUT2D eigenvalue weighted by molar-refractivity contribution is 5.59. The van der Waals surface area contributed by atoms with Gasteiger partial charge in [-0.2, -0.15) is 0 Å². The second-order valence-electron chi connectivity index (χ2n) is 7.53. The van der Waals surface area contributed by atoms with E-state index in [1.807, 2.05) is 12.1 Å². The number of hydrogen-bond donors (Lipinski definition) is 1. The third-order valence-corrected chi connectivity index (χ3v) is 5.60. The number of methoxy groups -OCH3 is 1. The van der Waals surface area contributed by atoms with Crippen LogP contribution in [0.2, 0.25) is 0 Å². The van der Waals surface area contributed by atoms with Gasteiger partial charge in [0.15, 0.2) is 0 Å². The van der Waals surface area contributed by atoms with Gasteiger partial charge in [-0.25, -0.2) is 0 Å². The lowest BCUT2D eigenvalue weighted by atomic mass is 10.1. The highest BCUT2D eigenvalue weighted by atomic mass is 16.5. The second-order valence-corrected chi connectivity index (χ2v) is 7.53. The number of hydrogen-bond acceptors (Lipinski definition) is 4. The fraction of sp³-hybridized carbons (Fsp3) is 0.524. The summed E-state index contributed by atoms with van der Waals surface area (Å²) in [4.78, 5) is 2.44. The number of furan rings is 1. The van der Waals surface area contributed by atoms with Crippen LogP contribution in [0.5, 0.6) is 5.75 Å². The molecule has 3 unspecified atom stereocenters. The molecule has 1 aliphatic carbocycles. The molecule has 0 amide bonds. The van der Waals surface area contributed by atoms with Crippen LogP contribution in [0, 0.1) is 11.8 Å². The summed E-state index contributed by atoms with van der Waals surface area (Å²) in [5.74, 6) is 5.34. The van der Waals surface area contributed by atoms with Crippen LogP contribution in [-0.4, -0.2) is 26.7 Å². The Balaban J connectivity index is 1.25. The zero-order valence-corrected chi connectivity index (χ0v) is 15.2. The van der Waals surface area contributed by atoms with Crippen LogP contribution < -0.4 is 15.0 Å². The molecule has 0 spiro atoms. The van der Waals surface area contributed by atoms with E-state index in [4.69, 9.17) is 9.15 Å². The molecule has 1 N–H and O–H groups in total. The van der Waals surface area contributed by atoms with E-state index in [1.54, 1.807) is 7.11 Å². The predicted octanol–water partition coefficient (Wildman–Crippen LogP) is 4.03. The monoisotopic (exact) mass is 340 g/mol. The fourth-order valence-electron chi connectivity index (χ4n) is 3.92. The second kappa shape index (κ2) is 7.12. The summed E-state index contributed by atoms with van der Waals surface area (Å²) in [7, 11) is 1.74. The SMILES string of the molecule is COc1ccccc1N1CCC(CNCc2ccc(C3CC3C)o2)C1. The quantitative estimate of drug-likeness (QED) is 0.826. The molecule has 0 radical (unpaired) electrons. The van der Waals surface area contributed by atoms with E-state index in [0.717, 1.165) is 43.6 Å². The predicted molar refractivity (Wildman–Crippen MR) is 100 cm³/mol. The number of rotatable bonds is 7. The van der Waals surface area contributed by atoms with Crippen LogP contribution in [0.15, 0.2) is 40.8 Å². The van der Waals surface area contributed by atoms with Gasteiger partial charge in [-0.3, -0.25) is 0 Å². The molecule has 2 heterocycles. The lowest BCUT2D eigenvalue weighted by Crippen LogP contribution is -2.26. The van der Waals surface area contributed by atoms with Gasteiger partial charge in [0.1, 0.15) is 17.3 Å². The summed E-state index contributed by atoms with van der Waals surface area (Å²) in [6, 6.07) is 12.6. The minimum absolute atomic E-state index is 0.665. The van der Waals surface area contributed by atoms with E-state index >= 15 is 0 Å². The first-order valence-corrected chi connectivity index (χ1v) is 9.42. The van der Waals surface area contributed by atoms with Crippen molar-refractivity contribution in [1.29, 1.82) is 0 Å². The normalized spacial score (nSPS) is 25.4. The maximum absolute atomic E-state index is 5.97. The average Bonchev–Trinajstić information content (AvgIpc) is 3.05.